The van der Waals surface area contributed by atoms with E-state index in [0.29, 0.717) is 11.5 Å². The Hall–Kier alpha value is -0.0800. The van der Waals surface area contributed by atoms with Crippen LogP contribution < -0.4 is 5.32 Å². The van der Waals surface area contributed by atoms with E-state index in [0.717, 1.165) is 6.54 Å². The molecule has 0 aromatic rings. The molecule has 2 nitrogen and oxygen atoms in total. The van der Waals surface area contributed by atoms with E-state index in [2.05, 4.69) is 37.9 Å². The molecule has 1 unspecified atom stereocenters. The van der Waals surface area contributed by atoms with Gasteiger partial charge in [0.25, 0.3) is 0 Å². The van der Waals surface area contributed by atoms with Crippen molar-refractivity contribution in [3.8, 4) is 0 Å². The van der Waals surface area contributed by atoms with Gasteiger partial charge in [-0.2, -0.15) is 0 Å². The minimum atomic E-state index is 0.369. The molecule has 18 heavy (non-hydrogen) atoms. The van der Waals surface area contributed by atoms with Gasteiger partial charge in [-0.15, -0.1) is 0 Å². The summed E-state index contributed by atoms with van der Waals surface area (Å²) in [6.45, 7) is 14.4. The van der Waals surface area contributed by atoms with Gasteiger partial charge in [0, 0.05) is 12.6 Å². The van der Waals surface area contributed by atoms with Crippen LogP contribution in [0.15, 0.2) is 0 Å². The highest BCUT2D eigenvalue weighted by Gasteiger charge is 2.27. The molecule has 1 heterocycles. The Kier molecular flexibility index (Phi) is 7.25. The fourth-order valence-electron chi connectivity index (χ4n) is 2.82. The van der Waals surface area contributed by atoms with Crippen LogP contribution in [-0.2, 0) is 0 Å². The Morgan fingerprint density at radius 2 is 1.61 bits per heavy atom. The third kappa shape index (κ3) is 5.71. The van der Waals surface area contributed by atoms with Gasteiger partial charge in [0.2, 0.25) is 0 Å². The van der Waals surface area contributed by atoms with Crippen molar-refractivity contribution in [1.29, 1.82) is 0 Å². The van der Waals surface area contributed by atoms with Crippen LogP contribution in [0, 0.1) is 5.41 Å². The zero-order valence-electron chi connectivity index (χ0n) is 13.1. The Balaban J connectivity index is 2.40. The van der Waals surface area contributed by atoms with Gasteiger partial charge in [-0.1, -0.05) is 40.0 Å². The van der Waals surface area contributed by atoms with Crippen LogP contribution in [0.4, 0.5) is 0 Å². The minimum absolute atomic E-state index is 0.369. The zero-order valence-corrected chi connectivity index (χ0v) is 13.1. The molecule has 0 radical (unpaired) electrons. The third-order valence-corrected chi connectivity index (χ3v) is 4.45. The first-order valence-corrected chi connectivity index (χ1v) is 8.02. The second-order valence-corrected chi connectivity index (χ2v) is 6.71. The first-order valence-electron chi connectivity index (χ1n) is 8.02. The SMILES string of the molecule is CCCNC(C)C(C)(C)CN1CCCCCCC1. The van der Waals surface area contributed by atoms with Gasteiger partial charge in [0.15, 0.2) is 0 Å². The van der Waals surface area contributed by atoms with Crippen LogP contribution in [0.25, 0.3) is 0 Å². The number of nitrogens with one attached hydrogen (secondary N) is 1. The minimum Gasteiger partial charge on any atom is -0.314 e. The highest BCUT2D eigenvalue weighted by Crippen LogP contribution is 2.23. The third-order valence-electron chi connectivity index (χ3n) is 4.45. The van der Waals surface area contributed by atoms with E-state index >= 15 is 0 Å². The van der Waals surface area contributed by atoms with Crippen molar-refractivity contribution in [3.63, 3.8) is 0 Å². The fourth-order valence-corrected chi connectivity index (χ4v) is 2.82. The first-order chi connectivity index (χ1) is 8.56. The van der Waals surface area contributed by atoms with Gasteiger partial charge >= 0.3 is 0 Å². The first kappa shape index (κ1) is 16.0. The van der Waals surface area contributed by atoms with Crippen LogP contribution in [0.5, 0.6) is 0 Å². The second kappa shape index (κ2) is 8.16. The number of rotatable bonds is 6. The maximum absolute atomic E-state index is 3.66. The Morgan fingerprint density at radius 3 is 2.17 bits per heavy atom. The molecule has 1 aliphatic rings. The van der Waals surface area contributed by atoms with E-state index < -0.39 is 0 Å². The molecule has 1 fully saturated rings. The van der Waals surface area contributed by atoms with Gasteiger partial charge < -0.3 is 10.2 Å². The normalized spacial score (nSPS) is 21.3. The van der Waals surface area contributed by atoms with Gasteiger partial charge in [-0.05, 0) is 51.2 Å². The van der Waals surface area contributed by atoms with E-state index in [1.807, 2.05) is 0 Å². The van der Waals surface area contributed by atoms with E-state index in [1.165, 1.54) is 58.2 Å². The molecular weight excluding hydrogens is 220 g/mol. The Morgan fingerprint density at radius 1 is 1.06 bits per heavy atom. The maximum Gasteiger partial charge on any atom is 0.0102 e. The lowest BCUT2D eigenvalue weighted by Crippen LogP contribution is -2.47. The predicted molar refractivity (Wildman–Crippen MR) is 81.1 cm³/mol. The lowest BCUT2D eigenvalue weighted by Gasteiger charge is -2.38. The molecule has 0 aromatic heterocycles. The number of nitrogens with zero attached hydrogens (tertiary/aromatic N) is 1. The summed E-state index contributed by atoms with van der Waals surface area (Å²) in [4.78, 5) is 2.70. The average Bonchev–Trinajstić information content (AvgIpc) is 2.29. The Labute approximate surface area is 115 Å². The number of likely N-dealkylation sites (tertiary alicyclic amines) is 1. The lowest BCUT2D eigenvalue weighted by molar-refractivity contribution is 0.134. The van der Waals surface area contributed by atoms with Crippen molar-refractivity contribution in [2.75, 3.05) is 26.2 Å². The molecule has 0 aliphatic carbocycles. The summed E-state index contributed by atoms with van der Waals surface area (Å²) in [5, 5.41) is 3.66. The van der Waals surface area contributed by atoms with Crippen molar-refractivity contribution in [2.24, 2.45) is 5.41 Å². The highest BCUT2D eigenvalue weighted by atomic mass is 15.1. The highest BCUT2D eigenvalue weighted by molar-refractivity contribution is 4.84. The topological polar surface area (TPSA) is 15.3 Å². The zero-order chi connectivity index (χ0) is 13.4. The van der Waals surface area contributed by atoms with Crippen LogP contribution in [0.2, 0.25) is 0 Å². The molecule has 1 N–H and O–H groups in total. The number of hydrogen-bond acceptors (Lipinski definition) is 2. The van der Waals surface area contributed by atoms with Crippen molar-refractivity contribution in [2.45, 2.75) is 72.3 Å². The summed E-state index contributed by atoms with van der Waals surface area (Å²) >= 11 is 0. The van der Waals surface area contributed by atoms with Gasteiger partial charge in [0.1, 0.15) is 0 Å². The molecule has 0 spiro atoms. The van der Waals surface area contributed by atoms with Gasteiger partial charge in [0.05, 0.1) is 0 Å². The van der Waals surface area contributed by atoms with Crippen molar-refractivity contribution >= 4 is 0 Å². The van der Waals surface area contributed by atoms with Gasteiger partial charge in [-0.3, -0.25) is 0 Å². The molecular formula is C16H34N2. The molecule has 0 saturated carbocycles. The largest absolute Gasteiger partial charge is 0.314 e. The summed E-state index contributed by atoms with van der Waals surface area (Å²) in [7, 11) is 0. The predicted octanol–water partition coefficient (Wildman–Crippen LogP) is 3.67. The van der Waals surface area contributed by atoms with Crippen molar-refractivity contribution in [1.82, 2.24) is 10.2 Å². The molecule has 0 aromatic carbocycles. The quantitative estimate of drug-likeness (QED) is 0.778. The van der Waals surface area contributed by atoms with Crippen LogP contribution in [0.3, 0.4) is 0 Å². The molecule has 1 atom stereocenters. The van der Waals surface area contributed by atoms with Crippen LogP contribution in [-0.4, -0.2) is 37.1 Å². The summed E-state index contributed by atoms with van der Waals surface area (Å²) < 4.78 is 0. The molecule has 0 bridgehead atoms. The average molecular weight is 254 g/mol. The molecule has 1 aliphatic heterocycles. The molecule has 2 heteroatoms. The van der Waals surface area contributed by atoms with E-state index in [9.17, 15) is 0 Å². The number of hydrogen-bond donors (Lipinski definition) is 1. The van der Waals surface area contributed by atoms with E-state index in [-0.39, 0.29) is 0 Å². The van der Waals surface area contributed by atoms with E-state index in [1.54, 1.807) is 0 Å². The molecule has 1 rings (SSSR count). The van der Waals surface area contributed by atoms with Crippen LogP contribution in [0.1, 0.15) is 66.2 Å². The summed E-state index contributed by atoms with van der Waals surface area (Å²) in [5.41, 5.74) is 0.369. The Bertz CT molecular complexity index is 205. The van der Waals surface area contributed by atoms with Crippen LogP contribution >= 0.6 is 0 Å². The molecule has 108 valence electrons. The molecule has 0 amide bonds. The lowest BCUT2D eigenvalue weighted by atomic mass is 9.84. The summed E-state index contributed by atoms with van der Waals surface area (Å²) in [6.07, 6.45) is 8.33. The standard InChI is InChI=1S/C16H34N2/c1-5-11-17-15(2)16(3,4)14-18-12-9-7-6-8-10-13-18/h15,17H,5-14H2,1-4H3. The van der Waals surface area contributed by atoms with Crippen molar-refractivity contribution < 1.29 is 0 Å². The fraction of sp³-hybridized carbons (Fsp3) is 1.00. The maximum atomic E-state index is 3.66. The molecule has 1 saturated heterocycles. The van der Waals surface area contributed by atoms with Gasteiger partial charge in [-0.25, -0.2) is 0 Å². The summed E-state index contributed by atoms with van der Waals surface area (Å²) in [5.74, 6) is 0. The van der Waals surface area contributed by atoms with E-state index in [4.69, 9.17) is 0 Å². The monoisotopic (exact) mass is 254 g/mol. The van der Waals surface area contributed by atoms with Crippen molar-refractivity contribution in [3.05, 3.63) is 0 Å². The second-order valence-electron chi connectivity index (χ2n) is 6.71. The summed E-state index contributed by atoms with van der Waals surface area (Å²) in [6, 6.07) is 0.600. The smallest absolute Gasteiger partial charge is 0.0102 e.